The fraction of sp³-hybridized carbons (Fsp3) is 0.125. The van der Waals surface area contributed by atoms with E-state index in [0.717, 1.165) is 10.9 Å². The lowest BCUT2D eigenvalue weighted by molar-refractivity contribution is 1.17. The monoisotopic (exact) mass is 197 g/mol. The highest BCUT2D eigenvalue weighted by molar-refractivity contribution is 9.10. The molecule has 1 heterocycles. The summed E-state index contributed by atoms with van der Waals surface area (Å²) in [5.74, 6) is 0. The molecule has 0 saturated heterocycles. The van der Waals surface area contributed by atoms with Crippen molar-refractivity contribution in [2.45, 2.75) is 6.42 Å². The molecule has 0 unspecified atom stereocenters. The summed E-state index contributed by atoms with van der Waals surface area (Å²) in [5.41, 5.74) is 1.18. The molecule has 0 bridgehead atoms. The van der Waals surface area contributed by atoms with E-state index in [1.54, 1.807) is 6.20 Å². The van der Waals surface area contributed by atoms with Crippen LogP contribution in [0.2, 0.25) is 0 Å². The van der Waals surface area contributed by atoms with Gasteiger partial charge in [0.05, 0.1) is 0 Å². The number of pyridine rings is 1. The maximum absolute atomic E-state index is 3.99. The molecule has 0 fully saturated rings. The number of allylic oxidation sites excluding steroid dienone is 1. The number of halogens is 1. The number of rotatable bonds is 2. The lowest BCUT2D eigenvalue weighted by Crippen LogP contribution is -1.83. The van der Waals surface area contributed by atoms with E-state index in [1.165, 1.54) is 5.56 Å². The molecule has 0 aromatic carbocycles. The largest absolute Gasteiger partial charge is 0.264 e. The van der Waals surface area contributed by atoms with Gasteiger partial charge in [-0.2, -0.15) is 0 Å². The van der Waals surface area contributed by atoms with E-state index >= 15 is 0 Å². The van der Waals surface area contributed by atoms with Gasteiger partial charge in [0.2, 0.25) is 0 Å². The molecule has 2 heteroatoms. The maximum atomic E-state index is 3.99. The van der Waals surface area contributed by atoms with E-state index in [-0.39, 0.29) is 0 Å². The Hall–Kier alpha value is -0.630. The predicted molar refractivity (Wildman–Crippen MR) is 45.8 cm³/mol. The van der Waals surface area contributed by atoms with Crippen molar-refractivity contribution in [2.24, 2.45) is 0 Å². The summed E-state index contributed by atoms with van der Waals surface area (Å²) in [5, 5.41) is 0. The summed E-state index contributed by atoms with van der Waals surface area (Å²) >= 11 is 3.41. The summed E-state index contributed by atoms with van der Waals surface area (Å²) in [6.07, 6.45) is 6.33. The molecule has 0 aliphatic rings. The quantitative estimate of drug-likeness (QED) is 0.665. The lowest BCUT2D eigenvalue weighted by atomic mass is 10.2. The minimum Gasteiger partial charge on any atom is -0.264 e. The molecule has 1 rings (SSSR count). The van der Waals surface area contributed by atoms with Gasteiger partial charge in [-0.1, -0.05) is 22.0 Å². The van der Waals surface area contributed by atoms with Crippen LogP contribution in [0.3, 0.4) is 0 Å². The van der Waals surface area contributed by atoms with Crippen molar-refractivity contribution in [3.63, 3.8) is 0 Å². The highest BCUT2D eigenvalue weighted by atomic mass is 79.9. The van der Waals surface area contributed by atoms with Crippen LogP contribution in [-0.4, -0.2) is 4.98 Å². The number of aromatic nitrogens is 1. The zero-order valence-corrected chi connectivity index (χ0v) is 7.13. The van der Waals surface area contributed by atoms with E-state index in [0.29, 0.717) is 0 Å². The first kappa shape index (κ1) is 7.48. The van der Waals surface area contributed by atoms with Crippen LogP contribution in [0, 0.1) is 0 Å². The van der Waals surface area contributed by atoms with Crippen LogP contribution >= 0.6 is 15.9 Å². The minimum atomic E-state index is 0.869. The Morgan fingerprint density at radius 3 is 3.10 bits per heavy atom. The molecular weight excluding hydrogens is 190 g/mol. The summed E-state index contributed by atoms with van der Waals surface area (Å²) < 4.78 is 1.10. The number of hydrogen-bond donors (Lipinski definition) is 0. The zero-order chi connectivity index (χ0) is 7.40. The molecule has 0 radical (unpaired) electrons. The van der Waals surface area contributed by atoms with Gasteiger partial charge in [0.25, 0.3) is 0 Å². The van der Waals surface area contributed by atoms with Gasteiger partial charge in [-0.05, 0) is 18.1 Å². The summed E-state index contributed by atoms with van der Waals surface area (Å²) in [6.45, 7) is 3.65. The maximum Gasteiger partial charge on any atom is 0.0314 e. The second-order valence-electron chi connectivity index (χ2n) is 1.96. The zero-order valence-electron chi connectivity index (χ0n) is 5.55. The van der Waals surface area contributed by atoms with Crippen molar-refractivity contribution in [3.8, 4) is 0 Å². The van der Waals surface area contributed by atoms with Crippen molar-refractivity contribution in [1.82, 2.24) is 4.98 Å². The Balaban J connectivity index is 2.91. The Morgan fingerprint density at radius 2 is 2.50 bits per heavy atom. The van der Waals surface area contributed by atoms with Gasteiger partial charge in [0.15, 0.2) is 0 Å². The van der Waals surface area contributed by atoms with Gasteiger partial charge in [0, 0.05) is 16.9 Å². The normalized spacial score (nSPS) is 9.30. The average Bonchev–Trinajstić information content (AvgIpc) is 1.94. The minimum absolute atomic E-state index is 0.869. The third-order valence-electron chi connectivity index (χ3n) is 1.21. The van der Waals surface area contributed by atoms with Crippen molar-refractivity contribution in [1.29, 1.82) is 0 Å². The van der Waals surface area contributed by atoms with E-state index < -0.39 is 0 Å². The third-order valence-corrected chi connectivity index (χ3v) is 1.98. The molecule has 0 atom stereocenters. The Bertz CT molecular complexity index is 232. The third kappa shape index (κ3) is 1.67. The van der Waals surface area contributed by atoms with E-state index in [4.69, 9.17) is 0 Å². The van der Waals surface area contributed by atoms with Crippen LogP contribution in [-0.2, 0) is 6.42 Å². The molecule has 0 aliphatic carbocycles. The predicted octanol–water partition coefficient (Wildman–Crippen LogP) is 2.57. The van der Waals surface area contributed by atoms with Gasteiger partial charge >= 0.3 is 0 Å². The number of hydrogen-bond acceptors (Lipinski definition) is 1. The van der Waals surface area contributed by atoms with E-state index in [1.807, 2.05) is 18.3 Å². The van der Waals surface area contributed by atoms with Crippen LogP contribution in [0.5, 0.6) is 0 Å². The molecule has 1 nitrogen and oxygen atoms in total. The Morgan fingerprint density at radius 1 is 1.70 bits per heavy atom. The highest BCUT2D eigenvalue weighted by Gasteiger charge is 1.93. The lowest BCUT2D eigenvalue weighted by Gasteiger charge is -1.96. The van der Waals surface area contributed by atoms with Gasteiger partial charge < -0.3 is 0 Å². The first-order valence-electron chi connectivity index (χ1n) is 3.04. The fourth-order valence-corrected chi connectivity index (χ4v) is 1.10. The van der Waals surface area contributed by atoms with Crippen molar-refractivity contribution in [3.05, 3.63) is 41.2 Å². The molecule has 52 valence electrons. The standard InChI is InChI=1S/C8H8BrN/c1-2-3-7-6-10-5-4-8(7)9/h2,4-6H,1,3H2. The van der Waals surface area contributed by atoms with Crippen molar-refractivity contribution < 1.29 is 0 Å². The molecule has 0 N–H and O–H groups in total. The summed E-state index contributed by atoms with van der Waals surface area (Å²) in [7, 11) is 0. The van der Waals surface area contributed by atoms with Crippen LogP contribution in [0.4, 0.5) is 0 Å². The molecule has 1 aromatic rings. The van der Waals surface area contributed by atoms with E-state index in [9.17, 15) is 0 Å². The SMILES string of the molecule is C=CCc1cnccc1Br. The summed E-state index contributed by atoms with van der Waals surface area (Å²) in [6, 6.07) is 1.93. The van der Waals surface area contributed by atoms with Gasteiger partial charge in [-0.25, -0.2) is 0 Å². The molecule has 10 heavy (non-hydrogen) atoms. The molecule has 0 aliphatic heterocycles. The van der Waals surface area contributed by atoms with Crippen LogP contribution < -0.4 is 0 Å². The fourth-order valence-electron chi connectivity index (χ4n) is 0.716. The summed E-state index contributed by atoms with van der Waals surface area (Å²) in [4.78, 5) is 3.99. The molecule has 1 aromatic heterocycles. The van der Waals surface area contributed by atoms with Crippen LogP contribution in [0.25, 0.3) is 0 Å². The van der Waals surface area contributed by atoms with Crippen molar-refractivity contribution in [2.75, 3.05) is 0 Å². The smallest absolute Gasteiger partial charge is 0.0314 e. The molecule has 0 amide bonds. The average molecular weight is 198 g/mol. The van der Waals surface area contributed by atoms with E-state index in [2.05, 4.69) is 27.5 Å². The topological polar surface area (TPSA) is 12.9 Å². The first-order chi connectivity index (χ1) is 4.84. The molecule has 0 spiro atoms. The molecule has 0 saturated carbocycles. The van der Waals surface area contributed by atoms with Crippen LogP contribution in [0.1, 0.15) is 5.56 Å². The second-order valence-corrected chi connectivity index (χ2v) is 2.81. The first-order valence-corrected chi connectivity index (χ1v) is 3.83. The Labute approximate surface area is 68.9 Å². The molecular formula is C8H8BrN. The van der Waals surface area contributed by atoms with Gasteiger partial charge in [-0.3, -0.25) is 4.98 Å². The Kier molecular flexibility index (Phi) is 2.63. The number of nitrogens with zero attached hydrogens (tertiary/aromatic N) is 1. The van der Waals surface area contributed by atoms with Crippen molar-refractivity contribution >= 4 is 15.9 Å². The van der Waals surface area contributed by atoms with Crippen LogP contribution in [0.15, 0.2) is 35.6 Å². The van der Waals surface area contributed by atoms with Gasteiger partial charge in [-0.15, -0.1) is 6.58 Å². The highest BCUT2D eigenvalue weighted by Crippen LogP contribution is 2.14. The van der Waals surface area contributed by atoms with Gasteiger partial charge in [0.1, 0.15) is 0 Å². The second kappa shape index (κ2) is 3.52.